The predicted octanol–water partition coefficient (Wildman–Crippen LogP) is 3.78. The third-order valence-electron chi connectivity index (χ3n) is 6.63. The van der Waals surface area contributed by atoms with Gasteiger partial charge in [-0.15, -0.1) is 11.3 Å². The molecule has 164 valence electrons. The molecule has 4 rings (SSSR count). The van der Waals surface area contributed by atoms with Crippen LogP contribution in [0, 0.1) is 13.8 Å². The maximum atomic E-state index is 13.2. The first-order chi connectivity index (χ1) is 14.7. The number of nitrogens with zero attached hydrogens (tertiary/aromatic N) is 3. The van der Waals surface area contributed by atoms with Crippen molar-refractivity contribution < 1.29 is 4.79 Å². The van der Waals surface area contributed by atoms with Crippen LogP contribution in [0.3, 0.4) is 0 Å². The van der Waals surface area contributed by atoms with Gasteiger partial charge in [-0.05, 0) is 45.7 Å². The molecule has 3 heterocycles. The van der Waals surface area contributed by atoms with E-state index in [0.717, 1.165) is 33.9 Å². The lowest BCUT2D eigenvalue weighted by molar-refractivity contribution is -0.138. The molecule has 1 aromatic carbocycles. The minimum atomic E-state index is -0.554. The maximum absolute atomic E-state index is 13.2. The number of fused-ring (bicyclic) bond motifs is 1. The summed E-state index contributed by atoms with van der Waals surface area (Å²) < 4.78 is 0. The van der Waals surface area contributed by atoms with Gasteiger partial charge in [-0.25, -0.2) is 4.98 Å². The van der Waals surface area contributed by atoms with Crippen LogP contribution in [-0.4, -0.2) is 51.9 Å². The Kier molecular flexibility index (Phi) is 5.75. The summed E-state index contributed by atoms with van der Waals surface area (Å²) in [6, 6.07) is 9.94. The number of aromatic nitrogens is 2. The number of piperazine rings is 1. The van der Waals surface area contributed by atoms with Crippen LogP contribution in [0.5, 0.6) is 0 Å². The molecule has 1 fully saturated rings. The average molecular weight is 439 g/mol. The van der Waals surface area contributed by atoms with Gasteiger partial charge in [-0.3, -0.25) is 14.5 Å². The van der Waals surface area contributed by atoms with Gasteiger partial charge in [0.05, 0.1) is 16.8 Å². The first-order valence-electron chi connectivity index (χ1n) is 10.8. The van der Waals surface area contributed by atoms with E-state index in [1.165, 1.54) is 0 Å². The number of aryl methyl sites for hydroxylation is 2. The molecular weight excluding hydrogens is 408 g/mol. The molecule has 1 saturated heterocycles. The van der Waals surface area contributed by atoms with E-state index in [-0.39, 0.29) is 17.5 Å². The van der Waals surface area contributed by atoms with Gasteiger partial charge in [0.2, 0.25) is 5.91 Å². The van der Waals surface area contributed by atoms with Gasteiger partial charge in [0.1, 0.15) is 10.7 Å². The molecule has 1 unspecified atom stereocenters. The van der Waals surface area contributed by atoms with Crippen molar-refractivity contribution in [2.75, 3.05) is 26.2 Å². The fourth-order valence-electron chi connectivity index (χ4n) is 4.33. The molecule has 0 aliphatic carbocycles. The molecule has 1 aliphatic heterocycles. The van der Waals surface area contributed by atoms with Crippen LogP contribution in [0.2, 0.25) is 0 Å². The van der Waals surface area contributed by atoms with Crippen LogP contribution in [0.4, 0.5) is 0 Å². The van der Waals surface area contributed by atoms with Crippen LogP contribution in [0.1, 0.15) is 48.6 Å². The van der Waals surface area contributed by atoms with Crippen molar-refractivity contribution in [1.29, 1.82) is 0 Å². The Hall–Kier alpha value is -2.51. The number of carbonyl (C=O) groups is 1. The summed E-state index contributed by atoms with van der Waals surface area (Å²) >= 11 is 1.57. The molecule has 0 radical (unpaired) electrons. The molecular formula is C24H30N4O2S. The smallest absolute Gasteiger partial charge is 0.259 e. The van der Waals surface area contributed by atoms with E-state index in [1.807, 2.05) is 62.9 Å². The molecule has 6 nitrogen and oxygen atoms in total. The van der Waals surface area contributed by atoms with Gasteiger partial charge >= 0.3 is 0 Å². The highest BCUT2D eigenvalue weighted by atomic mass is 32.1. The number of H-pyrrole nitrogens is 1. The van der Waals surface area contributed by atoms with Crippen molar-refractivity contribution in [3.8, 4) is 0 Å². The second kappa shape index (κ2) is 8.20. The normalized spacial score (nSPS) is 16.6. The molecule has 1 N–H and O–H groups in total. The van der Waals surface area contributed by atoms with Gasteiger partial charge in [-0.1, -0.05) is 30.3 Å². The Morgan fingerprint density at radius 3 is 2.42 bits per heavy atom. The van der Waals surface area contributed by atoms with E-state index in [1.54, 1.807) is 11.3 Å². The fourth-order valence-corrected chi connectivity index (χ4v) is 5.37. The Bertz CT molecular complexity index is 1160. The van der Waals surface area contributed by atoms with Crippen molar-refractivity contribution >= 4 is 27.5 Å². The monoisotopic (exact) mass is 438 g/mol. The third-order valence-corrected chi connectivity index (χ3v) is 7.73. The highest BCUT2D eigenvalue weighted by Crippen LogP contribution is 2.29. The third kappa shape index (κ3) is 3.92. The lowest BCUT2D eigenvalue weighted by Crippen LogP contribution is -2.53. The Labute approximate surface area is 186 Å². The molecule has 3 aromatic rings. The van der Waals surface area contributed by atoms with Crippen molar-refractivity contribution in [2.24, 2.45) is 0 Å². The van der Waals surface area contributed by atoms with Gasteiger partial charge in [0.15, 0.2) is 0 Å². The zero-order valence-electron chi connectivity index (χ0n) is 18.9. The number of benzene rings is 1. The minimum Gasteiger partial charge on any atom is -0.339 e. The molecule has 7 heteroatoms. The summed E-state index contributed by atoms with van der Waals surface area (Å²) in [6.45, 7) is 12.9. The molecule has 2 aromatic heterocycles. The Balaban J connectivity index is 1.47. The Morgan fingerprint density at radius 1 is 1.13 bits per heavy atom. The number of nitrogens with one attached hydrogen (secondary N) is 1. The van der Waals surface area contributed by atoms with Gasteiger partial charge < -0.3 is 9.88 Å². The van der Waals surface area contributed by atoms with E-state index < -0.39 is 5.41 Å². The second-order valence-electron chi connectivity index (χ2n) is 8.91. The number of hydrogen-bond acceptors (Lipinski definition) is 5. The summed E-state index contributed by atoms with van der Waals surface area (Å²) in [5.74, 6) is 0.853. The topological polar surface area (TPSA) is 69.3 Å². The van der Waals surface area contributed by atoms with Crippen molar-refractivity contribution in [3.05, 3.63) is 62.5 Å². The highest BCUT2D eigenvalue weighted by Gasteiger charge is 2.36. The quantitative estimate of drug-likeness (QED) is 0.673. The molecule has 1 atom stereocenters. The SMILES string of the molecule is Cc1sc2nc(C(C)N3CCN(C(=O)C(C)(C)c4ccccc4)CC3)[nH]c(=O)c2c1C. The zero-order chi connectivity index (χ0) is 22.3. The van der Waals surface area contributed by atoms with E-state index in [2.05, 4.69) is 16.8 Å². The van der Waals surface area contributed by atoms with Crippen LogP contribution >= 0.6 is 11.3 Å². The lowest BCUT2D eigenvalue weighted by Gasteiger charge is -2.40. The number of amides is 1. The summed E-state index contributed by atoms with van der Waals surface area (Å²) in [7, 11) is 0. The molecule has 0 saturated carbocycles. The first kappa shape index (κ1) is 21.7. The molecule has 0 bridgehead atoms. The van der Waals surface area contributed by atoms with Crippen LogP contribution in [0.25, 0.3) is 10.2 Å². The maximum Gasteiger partial charge on any atom is 0.259 e. The fraction of sp³-hybridized carbons (Fsp3) is 0.458. The summed E-state index contributed by atoms with van der Waals surface area (Å²) in [5, 5.41) is 0.706. The molecule has 1 aliphatic rings. The first-order valence-corrected chi connectivity index (χ1v) is 11.6. The van der Waals surface area contributed by atoms with Crippen molar-refractivity contribution in [3.63, 3.8) is 0 Å². The van der Waals surface area contributed by atoms with Crippen molar-refractivity contribution in [2.45, 2.75) is 46.1 Å². The molecule has 31 heavy (non-hydrogen) atoms. The number of thiophene rings is 1. The van der Waals surface area contributed by atoms with E-state index in [4.69, 9.17) is 4.98 Å². The van der Waals surface area contributed by atoms with Crippen LogP contribution in [-0.2, 0) is 10.2 Å². The number of aromatic amines is 1. The van der Waals surface area contributed by atoms with Gasteiger partial charge in [0, 0.05) is 31.1 Å². The highest BCUT2D eigenvalue weighted by molar-refractivity contribution is 7.18. The zero-order valence-corrected chi connectivity index (χ0v) is 19.7. The van der Waals surface area contributed by atoms with Gasteiger partial charge in [-0.2, -0.15) is 0 Å². The second-order valence-corrected chi connectivity index (χ2v) is 10.1. The number of carbonyl (C=O) groups excluding carboxylic acids is 1. The molecule has 0 spiro atoms. The van der Waals surface area contributed by atoms with Crippen LogP contribution < -0.4 is 5.56 Å². The van der Waals surface area contributed by atoms with E-state index in [0.29, 0.717) is 24.3 Å². The largest absolute Gasteiger partial charge is 0.339 e. The number of rotatable bonds is 4. The van der Waals surface area contributed by atoms with Crippen molar-refractivity contribution in [1.82, 2.24) is 19.8 Å². The minimum absolute atomic E-state index is 0.0146. The lowest BCUT2D eigenvalue weighted by atomic mass is 9.83. The van der Waals surface area contributed by atoms with Gasteiger partial charge in [0.25, 0.3) is 5.56 Å². The van der Waals surface area contributed by atoms with E-state index in [9.17, 15) is 9.59 Å². The Morgan fingerprint density at radius 2 is 1.77 bits per heavy atom. The summed E-state index contributed by atoms with van der Waals surface area (Å²) in [6.07, 6.45) is 0. The van der Waals surface area contributed by atoms with Crippen LogP contribution in [0.15, 0.2) is 35.1 Å². The summed E-state index contributed by atoms with van der Waals surface area (Å²) in [4.78, 5) is 39.8. The van der Waals surface area contributed by atoms with E-state index >= 15 is 0 Å². The molecule has 1 amide bonds. The standard InChI is InChI=1S/C24H30N4O2S/c1-15-17(3)31-22-19(15)21(29)25-20(26-22)16(2)27-11-13-28(14-12-27)23(30)24(4,5)18-9-7-6-8-10-18/h6-10,16H,11-14H2,1-5H3,(H,25,26,29). The average Bonchev–Trinajstić information content (AvgIpc) is 3.07. The summed E-state index contributed by atoms with van der Waals surface area (Å²) in [5.41, 5.74) is 1.43. The number of hydrogen-bond donors (Lipinski definition) is 1. The predicted molar refractivity (Wildman–Crippen MR) is 126 cm³/mol.